The van der Waals surface area contributed by atoms with Crippen molar-refractivity contribution in [3.8, 4) is 33.2 Å². The fourth-order valence-corrected chi connectivity index (χ4v) is 5.40. The number of aryl methyl sites for hydroxylation is 1. The molecule has 3 heterocycles. The zero-order chi connectivity index (χ0) is 26.5. The van der Waals surface area contributed by atoms with Crippen molar-refractivity contribution < 1.29 is 14.3 Å². The Morgan fingerprint density at radius 3 is 2.55 bits per heavy atom. The molecule has 1 aliphatic heterocycles. The summed E-state index contributed by atoms with van der Waals surface area (Å²) >= 11 is 1.33. The Morgan fingerprint density at radius 2 is 1.84 bits per heavy atom. The van der Waals surface area contributed by atoms with E-state index < -0.39 is 0 Å². The lowest BCUT2D eigenvalue weighted by molar-refractivity contribution is -0.127. The highest BCUT2D eigenvalue weighted by Gasteiger charge is 2.19. The van der Waals surface area contributed by atoms with Crippen LogP contribution in [0, 0.1) is 13.8 Å². The number of likely N-dealkylation sites (tertiary alicyclic amines) is 1. The molecule has 1 aliphatic rings. The Kier molecular flexibility index (Phi) is 7.89. The van der Waals surface area contributed by atoms with Gasteiger partial charge in [0.2, 0.25) is 11.8 Å². The smallest absolute Gasteiger partial charge is 0.258 e. The Hall–Kier alpha value is -3.91. The summed E-state index contributed by atoms with van der Waals surface area (Å²) in [6, 6.07) is 19.6. The van der Waals surface area contributed by atoms with Crippen molar-refractivity contribution in [2.45, 2.75) is 39.7 Å². The van der Waals surface area contributed by atoms with Crippen molar-refractivity contribution in [2.75, 3.05) is 19.7 Å². The van der Waals surface area contributed by atoms with Crippen LogP contribution in [0.5, 0.6) is 11.6 Å². The lowest BCUT2D eigenvalue weighted by Gasteiger charge is -2.16. The average molecular weight is 530 g/mol. The predicted octanol–water partition coefficient (Wildman–Crippen LogP) is 5.75. The van der Waals surface area contributed by atoms with E-state index >= 15 is 0 Å². The molecule has 1 saturated heterocycles. The minimum atomic E-state index is -0.0834. The van der Waals surface area contributed by atoms with E-state index in [2.05, 4.69) is 34.5 Å². The number of hydrogen-bond acceptors (Lipinski definition) is 6. The zero-order valence-electron chi connectivity index (χ0n) is 21.7. The summed E-state index contributed by atoms with van der Waals surface area (Å²) in [5, 5.41) is 0. The molecule has 2 aromatic carbocycles. The van der Waals surface area contributed by atoms with E-state index in [1.165, 1.54) is 11.5 Å². The second-order valence-electron chi connectivity index (χ2n) is 9.45. The number of amides is 1. The maximum absolute atomic E-state index is 11.7. The number of carbonyl (C=O) groups excluding carboxylic acids is 1. The molecule has 2 aromatic heterocycles. The van der Waals surface area contributed by atoms with Gasteiger partial charge in [0.15, 0.2) is 0 Å². The average Bonchev–Trinajstić information content (AvgIpc) is 3.54. The summed E-state index contributed by atoms with van der Waals surface area (Å²) in [7, 11) is 0. The molecule has 0 bridgehead atoms. The molecule has 7 nitrogen and oxygen atoms in total. The van der Waals surface area contributed by atoms with Gasteiger partial charge in [0.25, 0.3) is 5.56 Å². The predicted molar refractivity (Wildman–Crippen MR) is 150 cm³/mol. The molecular formula is C30H31N3O4S. The standard InChI is InChI=1S/C30H31N3O4S/c1-20-23(19-37-24-11-9-22(10-12-24)27-18-28(34)32-38-27)6-3-7-25(20)26-13-14-29(31-21(26)2)36-17-5-16-33-15-4-8-30(33)35/h3,6-7,9-14,18H,4-5,8,15-17,19H2,1-2H3,(H,32,34). The molecular weight excluding hydrogens is 498 g/mol. The van der Waals surface area contributed by atoms with Crippen LogP contribution in [-0.4, -0.2) is 39.9 Å². The lowest BCUT2D eigenvalue weighted by atomic mass is 9.96. The quantitative estimate of drug-likeness (QED) is 0.264. The van der Waals surface area contributed by atoms with Gasteiger partial charge in [-0.15, -0.1) is 0 Å². The molecule has 38 heavy (non-hydrogen) atoms. The third kappa shape index (κ3) is 5.97. The summed E-state index contributed by atoms with van der Waals surface area (Å²) in [4.78, 5) is 30.6. The molecule has 1 N–H and O–H groups in total. The number of benzene rings is 2. The van der Waals surface area contributed by atoms with Gasteiger partial charge in [-0.2, -0.15) is 0 Å². The van der Waals surface area contributed by atoms with Gasteiger partial charge in [0, 0.05) is 42.9 Å². The molecule has 0 radical (unpaired) electrons. The highest BCUT2D eigenvalue weighted by molar-refractivity contribution is 7.09. The van der Waals surface area contributed by atoms with Gasteiger partial charge >= 0.3 is 0 Å². The van der Waals surface area contributed by atoms with Crippen LogP contribution in [0.4, 0.5) is 0 Å². The number of ether oxygens (including phenoxy) is 2. The van der Waals surface area contributed by atoms with Gasteiger partial charge in [-0.25, -0.2) is 4.98 Å². The molecule has 196 valence electrons. The second-order valence-corrected chi connectivity index (χ2v) is 10.3. The first kappa shape index (κ1) is 25.7. The fraction of sp³-hybridized carbons (Fsp3) is 0.300. The zero-order valence-corrected chi connectivity index (χ0v) is 22.5. The third-order valence-corrected chi connectivity index (χ3v) is 7.72. The fourth-order valence-electron chi connectivity index (χ4n) is 4.71. The van der Waals surface area contributed by atoms with Crippen LogP contribution in [0.3, 0.4) is 0 Å². The lowest BCUT2D eigenvalue weighted by Crippen LogP contribution is -2.26. The number of carbonyl (C=O) groups is 1. The van der Waals surface area contributed by atoms with E-state index in [0.29, 0.717) is 25.5 Å². The Labute approximate surface area is 226 Å². The molecule has 4 aromatic rings. The number of aromatic amines is 1. The van der Waals surface area contributed by atoms with E-state index in [4.69, 9.17) is 9.47 Å². The molecule has 0 spiro atoms. The minimum absolute atomic E-state index is 0.0834. The van der Waals surface area contributed by atoms with Crippen molar-refractivity contribution in [3.05, 3.63) is 87.8 Å². The van der Waals surface area contributed by atoms with Gasteiger partial charge in [0.1, 0.15) is 12.4 Å². The topological polar surface area (TPSA) is 84.5 Å². The highest BCUT2D eigenvalue weighted by atomic mass is 32.1. The van der Waals surface area contributed by atoms with Crippen LogP contribution in [0.2, 0.25) is 0 Å². The van der Waals surface area contributed by atoms with Crippen LogP contribution in [0.15, 0.2) is 65.5 Å². The molecule has 0 saturated carbocycles. The molecule has 0 atom stereocenters. The van der Waals surface area contributed by atoms with Crippen LogP contribution >= 0.6 is 11.5 Å². The van der Waals surface area contributed by atoms with Crippen molar-refractivity contribution in [2.24, 2.45) is 0 Å². The number of H-pyrrole nitrogens is 1. The SMILES string of the molecule is Cc1nc(OCCCN2CCCC2=O)ccc1-c1cccc(COc2ccc(-c3cc(=O)[nH]s3)cc2)c1C. The first-order valence-corrected chi connectivity index (χ1v) is 13.7. The molecule has 8 heteroatoms. The number of nitrogens with one attached hydrogen (secondary N) is 1. The first-order valence-electron chi connectivity index (χ1n) is 12.9. The van der Waals surface area contributed by atoms with Crippen molar-refractivity contribution in [1.29, 1.82) is 0 Å². The summed E-state index contributed by atoms with van der Waals surface area (Å²) in [5.74, 6) is 1.62. The van der Waals surface area contributed by atoms with E-state index in [1.807, 2.05) is 48.2 Å². The van der Waals surface area contributed by atoms with Crippen LogP contribution < -0.4 is 15.0 Å². The van der Waals surface area contributed by atoms with Crippen LogP contribution in [0.25, 0.3) is 21.6 Å². The Bertz CT molecular complexity index is 1480. The molecule has 0 aliphatic carbocycles. The maximum Gasteiger partial charge on any atom is 0.258 e. The monoisotopic (exact) mass is 529 g/mol. The number of hydrogen-bond donors (Lipinski definition) is 1. The van der Waals surface area contributed by atoms with Gasteiger partial charge in [-0.1, -0.05) is 29.7 Å². The molecule has 0 unspecified atom stereocenters. The summed E-state index contributed by atoms with van der Waals surface area (Å²) in [5.41, 5.74) is 6.24. The summed E-state index contributed by atoms with van der Waals surface area (Å²) in [6.07, 6.45) is 2.43. The van der Waals surface area contributed by atoms with Gasteiger partial charge in [-0.3, -0.25) is 14.0 Å². The Balaban J connectivity index is 1.20. The molecule has 1 amide bonds. The normalized spacial score (nSPS) is 13.2. The van der Waals surface area contributed by atoms with Crippen molar-refractivity contribution in [3.63, 3.8) is 0 Å². The van der Waals surface area contributed by atoms with Gasteiger partial charge in [-0.05, 0) is 79.3 Å². The van der Waals surface area contributed by atoms with Gasteiger partial charge < -0.3 is 14.4 Å². The molecule has 5 rings (SSSR count). The molecule has 1 fully saturated rings. The third-order valence-electron chi connectivity index (χ3n) is 6.85. The Morgan fingerprint density at radius 1 is 1.00 bits per heavy atom. The van der Waals surface area contributed by atoms with Crippen LogP contribution in [-0.2, 0) is 11.4 Å². The van der Waals surface area contributed by atoms with Gasteiger partial charge in [0.05, 0.1) is 11.5 Å². The maximum atomic E-state index is 11.7. The van der Waals surface area contributed by atoms with E-state index in [1.54, 1.807) is 6.07 Å². The van der Waals surface area contributed by atoms with E-state index in [0.717, 1.165) is 70.1 Å². The van der Waals surface area contributed by atoms with Crippen molar-refractivity contribution >= 4 is 17.4 Å². The largest absolute Gasteiger partial charge is 0.489 e. The van der Waals surface area contributed by atoms with E-state index in [-0.39, 0.29) is 11.5 Å². The van der Waals surface area contributed by atoms with E-state index in [9.17, 15) is 9.59 Å². The number of pyridine rings is 1. The number of rotatable bonds is 10. The first-order chi connectivity index (χ1) is 18.5. The highest BCUT2D eigenvalue weighted by Crippen LogP contribution is 2.30. The minimum Gasteiger partial charge on any atom is -0.489 e. The summed E-state index contributed by atoms with van der Waals surface area (Å²) in [6.45, 7) is 6.69. The number of nitrogens with zero attached hydrogens (tertiary/aromatic N) is 2. The van der Waals surface area contributed by atoms with Crippen molar-refractivity contribution in [1.82, 2.24) is 14.3 Å². The van der Waals surface area contributed by atoms with Crippen LogP contribution in [0.1, 0.15) is 36.1 Å². The second kappa shape index (κ2) is 11.6. The summed E-state index contributed by atoms with van der Waals surface area (Å²) < 4.78 is 14.7. The number of aromatic nitrogens is 2.